The van der Waals surface area contributed by atoms with Crippen LogP contribution in [0.3, 0.4) is 0 Å². The topological polar surface area (TPSA) is 51.7 Å². The van der Waals surface area contributed by atoms with Crippen molar-refractivity contribution >= 4 is 11.7 Å². The first kappa shape index (κ1) is 28.0. The van der Waals surface area contributed by atoms with E-state index in [1.807, 2.05) is 30.3 Å². The number of aromatic nitrogens is 1. The largest absolute Gasteiger partial charge is 0.419 e. The van der Waals surface area contributed by atoms with Crippen LogP contribution in [0.15, 0.2) is 66.9 Å². The predicted octanol–water partition coefficient (Wildman–Crippen LogP) is 4.46. The Labute approximate surface area is 229 Å². The van der Waals surface area contributed by atoms with Crippen LogP contribution in [0, 0.1) is 11.6 Å². The SMILES string of the molecule is O=C([C@@H]1C[C@H](NCc2ccc(F)cc2F)CN1Cc1ccccc1)N1CCN(c2ncccc2C(F)(F)F)CC1. The zero-order valence-corrected chi connectivity index (χ0v) is 21.7. The van der Waals surface area contributed by atoms with E-state index < -0.39 is 29.4 Å². The lowest BCUT2D eigenvalue weighted by atomic mass is 10.1. The average Bonchev–Trinajstić information content (AvgIpc) is 3.34. The standard InChI is InChI=1S/C29H30F5N5O/c30-22-9-8-21(25(31)15-22)17-36-23-16-26(39(19-23)18-20-5-2-1-3-6-20)28(40)38-13-11-37(12-14-38)27-24(29(32,33)34)7-4-10-35-27/h1-10,15,23,26,36H,11-14,16-19H2/t23-,26-/m0/s1. The van der Waals surface area contributed by atoms with Crippen molar-refractivity contribution in [3.63, 3.8) is 0 Å². The Bertz CT molecular complexity index is 1310. The average molecular weight is 560 g/mol. The van der Waals surface area contributed by atoms with Crippen molar-refractivity contribution in [2.24, 2.45) is 0 Å². The fraction of sp³-hybridized carbons (Fsp3) is 0.379. The van der Waals surface area contributed by atoms with Crippen molar-refractivity contribution in [1.82, 2.24) is 20.1 Å². The maximum atomic E-state index is 14.2. The lowest BCUT2D eigenvalue weighted by Crippen LogP contribution is -2.54. The first-order chi connectivity index (χ1) is 19.2. The van der Waals surface area contributed by atoms with Gasteiger partial charge in [0, 0.05) is 69.7 Å². The smallest absolute Gasteiger partial charge is 0.353 e. The highest BCUT2D eigenvalue weighted by atomic mass is 19.4. The molecule has 11 heteroatoms. The van der Waals surface area contributed by atoms with E-state index in [1.54, 1.807) is 9.80 Å². The summed E-state index contributed by atoms with van der Waals surface area (Å²) < 4.78 is 68.0. The molecule has 0 unspecified atom stereocenters. The summed E-state index contributed by atoms with van der Waals surface area (Å²) in [5.41, 5.74) is 0.603. The van der Waals surface area contributed by atoms with E-state index in [0.29, 0.717) is 25.1 Å². The van der Waals surface area contributed by atoms with Crippen LogP contribution in [0.5, 0.6) is 0 Å². The van der Waals surface area contributed by atoms with Crippen LogP contribution in [-0.2, 0) is 24.1 Å². The molecule has 0 spiro atoms. The number of amides is 1. The van der Waals surface area contributed by atoms with Crippen LogP contribution in [0.2, 0.25) is 0 Å². The van der Waals surface area contributed by atoms with Gasteiger partial charge in [-0.15, -0.1) is 0 Å². The Morgan fingerprint density at radius 3 is 2.42 bits per heavy atom. The second kappa shape index (κ2) is 11.9. The minimum Gasteiger partial charge on any atom is -0.353 e. The fourth-order valence-corrected chi connectivity index (χ4v) is 5.44. The molecular weight excluding hydrogens is 529 g/mol. The third-order valence-electron chi connectivity index (χ3n) is 7.50. The number of nitrogens with zero attached hydrogens (tertiary/aromatic N) is 4. The molecule has 1 amide bonds. The maximum Gasteiger partial charge on any atom is 0.419 e. The second-order valence-electron chi connectivity index (χ2n) is 10.2. The molecule has 0 bridgehead atoms. The number of carbonyl (C=O) groups excluding carboxylic acids is 1. The highest BCUT2D eigenvalue weighted by Crippen LogP contribution is 2.35. The number of alkyl halides is 3. The number of hydrogen-bond donors (Lipinski definition) is 1. The van der Waals surface area contributed by atoms with Gasteiger partial charge in [0.25, 0.3) is 0 Å². The number of piperazine rings is 1. The Morgan fingerprint density at radius 1 is 0.975 bits per heavy atom. The van der Waals surface area contributed by atoms with Crippen molar-refractivity contribution in [2.45, 2.75) is 37.8 Å². The van der Waals surface area contributed by atoms with Gasteiger partial charge < -0.3 is 15.1 Å². The lowest BCUT2D eigenvalue weighted by Gasteiger charge is -2.38. The highest BCUT2D eigenvalue weighted by molar-refractivity contribution is 5.82. The summed E-state index contributed by atoms with van der Waals surface area (Å²) in [5.74, 6) is -1.46. The predicted molar refractivity (Wildman–Crippen MR) is 140 cm³/mol. The Hall–Kier alpha value is -3.57. The quantitative estimate of drug-likeness (QED) is 0.434. The lowest BCUT2D eigenvalue weighted by molar-refractivity contribution is -0.138. The third-order valence-corrected chi connectivity index (χ3v) is 7.50. The zero-order chi connectivity index (χ0) is 28.3. The van der Waals surface area contributed by atoms with E-state index in [1.165, 1.54) is 24.4 Å². The maximum absolute atomic E-state index is 14.2. The van der Waals surface area contributed by atoms with Crippen molar-refractivity contribution in [1.29, 1.82) is 0 Å². The van der Waals surface area contributed by atoms with E-state index in [0.717, 1.165) is 17.7 Å². The minimum atomic E-state index is -4.52. The molecule has 40 heavy (non-hydrogen) atoms. The van der Waals surface area contributed by atoms with Crippen LogP contribution < -0.4 is 10.2 Å². The van der Waals surface area contributed by atoms with Crippen molar-refractivity contribution < 1.29 is 26.7 Å². The minimum absolute atomic E-state index is 0.0788. The van der Waals surface area contributed by atoms with E-state index in [4.69, 9.17) is 0 Å². The molecule has 3 aromatic rings. The molecule has 0 aliphatic carbocycles. The summed E-state index contributed by atoms with van der Waals surface area (Å²) in [6, 6.07) is 15.0. The van der Waals surface area contributed by atoms with E-state index in [-0.39, 0.29) is 50.5 Å². The molecule has 2 atom stereocenters. The summed E-state index contributed by atoms with van der Waals surface area (Å²) in [7, 11) is 0. The van der Waals surface area contributed by atoms with Gasteiger partial charge in [0.05, 0.1) is 11.6 Å². The van der Waals surface area contributed by atoms with Gasteiger partial charge in [0.1, 0.15) is 17.5 Å². The van der Waals surface area contributed by atoms with E-state index >= 15 is 0 Å². The number of anilines is 1. The Balaban J connectivity index is 1.26. The molecule has 2 aliphatic rings. The Morgan fingerprint density at radius 2 is 1.73 bits per heavy atom. The molecule has 0 radical (unpaired) electrons. The van der Waals surface area contributed by atoms with Gasteiger partial charge >= 0.3 is 6.18 Å². The summed E-state index contributed by atoms with van der Waals surface area (Å²) in [4.78, 5) is 23.1. The molecule has 3 heterocycles. The monoisotopic (exact) mass is 559 g/mol. The number of benzene rings is 2. The summed E-state index contributed by atoms with van der Waals surface area (Å²) in [5, 5.41) is 3.31. The second-order valence-corrected chi connectivity index (χ2v) is 10.2. The number of nitrogens with one attached hydrogen (secondary N) is 1. The van der Waals surface area contributed by atoms with Gasteiger partial charge in [-0.2, -0.15) is 13.2 Å². The molecule has 1 N–H and O–H groups in total. The van der Waals surface area contributed by atoms with Crippen LogP contribution in [0.1, 0.15) is 23.1 Å². The molecule has 5 rings (SSSR count). The van der Waals surface area contributed by atoms with Crippen molar-refractivity contribution in [2.75, 3.05) is 37.6 Å². The molecule has 2 aromatic carbocycles. The number of pyridine rings is 1. The molecule has 1 aromatic heterocycles. The molecule has 0 saturated carbocycles. The van der Waals surface area contributed by atoms with Crippen LogP contribution in [0.25, 0.3) is 0 Å². The van der Waals surface area contributed by atoms with E-state index in [2.05, 4.69) is 15.2 Å². The van der Waals surface area contributed by atoms with Crippen LogP contribution in [0.4, 0.5) is 27.8 Å². The fourth-order valence-electron chi connectivity index (χ4n) is 5.44. The van der Waals surface area contributed by atoms with Gasteiger partial charge in [0.15, 0.2) is 0 Å². The van der Waals surface area contributed by atoms with Crippen molar-refractivity contribution in [3.05, 3.63) is 95.2 Å². The molecule has 212 valence electrons. The van der Waals surface area contributed by atoms with Gasteiger partial charge in [0.2, 0.25) is 5.91 Å². The number of rotatable bonds is 7. The number of carbonyl (C=O) groups is 1. The van der Waals surface area contributed by atoms with Gasteiger partial charge in [-0.3, -0.25) is 9.69 Å². The normalized spacial score (nSPS) is 20.2. The summed E-state index contributed by atoms with van der Waals surface area (Å²) >= 11 is 0. The van der Waals surface area contributed by atoms with Gasteiger partial charge in [-0.1, -0.05) is 36.4 Å². The number of likely N-dealkylation sites (tertiary alicyclic amines) is 1. The number of hydrogen-bond acceptors (Lipinski definition) is 5. The third kappa shape index (κ3) is 6.42. The zero-order valence-electron chi connectivity index (χ0n) is 21.7. The molecule has 2 saturated heterocycles. The van der Waals surface area contributed by atoms with Crippen LogP contribution in [-0.4, -0.2) is 65.5 Å². The van der Waals surface area contributed by atoms with Crippen LogP contribution >= 0.6 is 0 Å². The van der Waals surface area contributed by atoms with Crippen molar-refractivity contribution in [3.8, 4) is 0 Å². The summed E-state index contributed by atoms with van der Waals surface area (Å²) in [6.07, 6.45) is -2.68. The van der Waals surface area contributed by atoms with E-state index in [9.17, 15) is 26.7 Å². The summed E-state index contributed by atoms with van der Waals surface area (Å²) in [6.45, 7) is 2.33. The van der Waals surface area contributed by atoms with Gasteiger partial charge in [-0.25, -0.2) is 13.8 Å². The molecule has 2 fully saturated rings. The molecular formula is C29H30F5N5O. The Kier molecular flexibility index (Phi) is 8.32. The first-order valence-electron chi connectivity index (χ1n) is 13.2. The highest BCUT2D eigenvalue weighted by Gasteiger charge is 2.40. The molecule has 2 aliphatic heterocycles. The first-order valence-corrected chi connectivity index (χ1v) is 13.2. The molecule has 6 nitrogen and oxygen atoms in total. The number of halogens is 5. The van der Waals surface area contributed by atoms with Gasteiger partial charge in [-0.05, 0) is 30.2 Å².